The van der Waals surface area contributed by atoms with Crippen molar-refractivity contribution in [2.45, 2.75) is 32.9 Å². The van der Waals surface area contributed by atoms with E-state index in [4.69, 9.17) is 0 Å². The zero-order chi connectivity index (χ0) is 15.9. The van der Waals surface area contributed by atoms with Gasteiger partial charge in [-0.2, -0.15) is 11.3 Å². The highest BCUT2D eigenvalue weighted by atomic mass is 32.1. The van der Waals surface area contributed by atoms with Gasteiger partial charge in [-0.25, -0.2) is 0 Å². The highest BCUT2D eigenvalue weighted by Gasteiger charge is 2.10. The van der Waals surface area contributed by atoms with Crippen molar-refractivity contribution in [1.82, 2.24) is 10.6 Å². The number of nitrogens with one attached hydrogen (secondary N) is 2. The van der Waals surface area contributed by atoms with Crippen molar-refractivity contribution in [1.29, 1.82) is 0 Å². The largest absolute Gasteiger partial charge is 0.350 e. The highest BCUT2D eigenvalue weighted by Crippen LogP contribution is 2.08. The first-order chi connectivity index (χ1) is 10.6. The molecule has 0 spiro atoms. The van der Waals surface area contributed by atoms with Crippen molar-refractivity contribution in [3.63, 3.8) is 0 Å². The lowest BCUT2D eigenvalue weighted by Crippen LogP contribution is -2.32. The molecule has 0 aliphatic carbocycles. The smallest absolute Gasteiger partial charge is 0.252 e. The van der Waals surface area contributed by atoms with Crippen LogP contribution < -0.4 is 10.6 Å². The Hall–Kier alpha value is -2.14. The molecule has 116 valence electrons. The summed E-state index contributed by atoms with van der Waals surface area (Å²) in [5.41, 5.74) is 2.18. The van der Waals surface area contributed by atoms with E-state index >= 15 is 0 Å². The van der Waals surface area contributed by atoms with Crippen LogP contribution in [-0.4, -0.2) is 17.9 Å². The fraction of sp³-hybridized carbons (Fsp3) is 0.294. The Labute approximate surface area is 134 Å². The van der Waals surface area contributed by atoms with Gasteiger partial charge < -0.3 is 10.6 Å². The number of thiophene rings is 1. The monoisotopic (exact) mass is 316 g/mol. The summed E-state index contributed by atoms with van der Waals surface area (Å²) in [6, 6.07) is 9.25. The molecule has 0 bridgehead atoms. The van der Waals surface area contributed by atoms with Gasteiger partial charge in [-0.15, -0.1) is 0 Å². The van der Waals surface area contributed by atoms with Crippen molar-refractivity contribution in [3.05, 3.63) is 57.8 Å². The maximum absolute atomic E-state index is 12.1. The standard InChI is InChI=1S/C17H20N2O2S/c1-3-12(2)19-17(21)14-6-4-5-13(9-14)10-18-16(20)15-7-8-22-11-15/h4-9,11-12H,3,10H2,1-2H3,(H,18,20)(H,19,21). The molecular formula is C17H20N2O2S. The van der Waals surface area contributed by atoms with Crippen molar-refractivity contribution in [2.75, 3.05) is 0 Å². The summed E-state index contributed by atoms with van der Waals surface area (Å²) in [6.07, 6.45) is 0.891. The molecule has 2 N–H and O–H groups in total. The molecule has 0 saturated carbocycles. The number of carbonyl (C=O) groups excluding carboxylic acids is 2. The Morgan fingerprint density at radius 1 is 1.18 bits per heavy atom. The first-order valence-corrected chi connectivity index (χ1v) is 8.24. The van der Waals surface area contributed by atoms with Crippen LogP contribution in [0, 0.1) is 0 Å². The summed E-state index contributed by atoms with van der Waals surface area (Å²) in [5.74, 6) is -0.184. The normalized spacial score (nSPS) is 11.7. The van der Waals surface area contributed by atoms with Crippen molar-refractivity contribution in [3.8, 4) is 0 Å². The molecule has 2 rings (SSSR count). The maximum atomic E-state index is 12.1. The topological polar surface area (TPSA) is 58.2 Å². The zero-order valence-corrected chi connectivity index (χ0v) is 13.6. The zero-order valence-electron chi connectivity index (χ0n) is 12.8. The van der Waals surface area contributed by atoms with Gasteiger partial charge in [0.15, 0.2) is 0 Å². The van der Waals surface area contributed by atoms with Crippen LogP contribution >= 0.6 is 11.3 Å². The van der Waals surface area contributed by atoms with Crippen LogP contribution in [0.1, 0.15) is 46.5 Å². The van der Waals surface area contributed by atoms with E-state index in [2.05, 4.69) is 10.6 Å². The summed E-state index contributed by atoms with van der Waals surface area (Å²) in [4.78, 5) is 24.0. The SMILES string of the molecule is CCC(C)NC(=O)c1cccc(CNC(=O)c2ccsc2)c1. The molecule has 0 fully saturated rings. The summed E-state index contributed by atoms with van der Waals surface area (Å²) in [5, 5.41) is 9.47. The molecule has 0 saturated heterocycles. The maximum Gasteiger partial charge on any atom is 0.252 e. The molecule has 2 aromatic rings. The van der Waals surface area contributed by atoms with Gasteiger partial charge in [-0.05, 0) is 42.5 Å². The molecule has 22 heavy (non-hydrogen) atoms. The molecule has 1 unspecified atom stereocenters. The second-order valence-electron chi connectivity index (χ2n) is 5.18. The fourth-order valence-electron chi connectivity index (χ4n) is 1.91. The van der Waals surface area contributed by atoms with Gasteiger partial charge in [0, 0.05) is 29.1 Å². The van der Waals surface area contributed by atoms with Crippen LogP contribution in [0.4, 0.5) is 0 Å². The van der Waals surface area contributed by atoms with Gasteiger partial charge >= 0.3 is 0 Å². The molecule has 0 radical (unpaired) electrons. The van der Waals surface area contributed by atoms with Crippen LogP contribution in [0.3, 0.4) is 0 Å². The number of rotatable bonds is 6. The number of benzene rings is 1. The molecule has 1 atom stereocenters. The minimum Gasteiger partial charge on any atom is -0.350 e. The van der Waals surface area contributed by atoms with Gasteiger partial charge in [0.05, 0.1) is 0 Å². The van der Waals surface area contributed by atoms with Crippen LogP contribution in [-0.2, 0) is 6.54 Å². The summed E-state index contributed by atoms with van der Waals surface area (Å²) >= 11 is 1.49. The predicted octanol–water partition coefficient (Wildman–Crippen LogP) is 3.21. The van der Waals surface area contributed by atoms with E-state index in [1.165, 1.54) is 11.3 Å². The Balaban J connectivity index is 1.96. The molecule has 2 amide bonds. The van der Waals surface area contributed by atoms with E-state index in [1.807, 2.05) is 42.8 Å². The molecule has 0 aliphatic rings. The summed E-state index contributed by atoms with van der Waals surface area (Å²) in [6.45, 7) is 4.41. The van der Waals surface area contributed by atoms with E-state index in [9.17, 15) is 9.59 Å². The van der Waals surface area contributed by atoms with Crippen LogP contribution in [0.5, 0.6) is 0 Å². The van der Waals surface area contributed by atoms with Gasteiger partial charge in [-0.1, -0.05) is 19.1 Å². The molecule has 4 nitrogen and oxygen atoms in total. The van der Waals surface area contributed by atoms with E-state index in [-0.39, 0.29) is 17.9 Å². The Morgan fingerprint density at radius 2 is 2.00 bits per heavy atom. The third-order valence-electron chi connectivity index (χ3n) is 3.42. The van der Waals surface area contributed by atoms with E-state index in [1.54, 1.807) is 12.1 Å². The molecular weight excluding hydrogens is 296 g/mol. The van der Waals surface area contributed by atoms with Gasteiger partial charge in [-0.3, -0.25) is 9.59 Å². The van der Waals surface area contributed by atoms with Gasteiger partial charge in [0.2, 0.25) is 0 Å². The summed E-state index contributed by atoms with van der Waals surface area (Å²) < 4.78 is 0. The second-order valence-corrected chi connectivity index (χ2v) is 5.96. The minimum absolute atomic E-state index is 0.0830. The van der Waals surface area contributed by atoms with E-state index < -0.39 is 0 Å². The Bertz CT molecular complexity index is 638. The quantitative estimate of drug-likeness (QED) is 0.860. The number of hydrogen-bond acceptors (Lipinski definition) is 3. The van der Waals surface area contributed by atoms with Crippen molar-refractivity contribution >= 4 is 23.2 Å². The first kappa shape index (κ1) is 16.2. The minimum atomic E-state index is -0.101. The number of carbonyl (C=O) groups is 2. The van der Waals surface area contributed by atoms with E-state index in [0.29, 0.717) is 17.7 Å². The van der Waals surface area contributed by atoms with Crippen molar-refractivity contribution < 1.29 is 9.59 Å². The predicted molar refractivity (Wildman–Crippen MR) is 89.2 cm³/mol. The van der Waals surface area contributed by atoms with Gasteiger partial charge in [0.25, 0.3) is 11.8 Å². The average Bonchev–Trinajstić information content (AvgIpc) is 3.07. The van der Waals surface area contributed by atoms with Crippen LogP contribution in [0.15, 0.2) is 41.1 Å². The van der Waals surface area contributed by atoms with Crippen LogP contribution in [0.25, 0.3) is 0 Å². The number of hydrogen-bond donors (Lipinski definition) is 2. The molecule has 1 aromatic heterocycles. The first-order valence-electron chi connectivity index (χ1n) is 7.30. The third kappa shape index (κ3) is 4.43. The lowest BCUT2D eigenvalue weighted by atomic mass is 10.1. The second kappa shape index (κ2) is 7.75. The Morgan fingerprint density at radius 3 is 2.68 bits per heavy atom. The number of amides is 2. The highest BCUT2D eigenvalue weighted by molar-refractivity contribution is 7.08. The van der Waals surface area contributed by atoms with Crippen LogP contribution in [0.2, 0.25) is 0 Å². The molecule has 5 heteroatoms. The lowest BCUT2D eigenvalue weighted by Gasteiger charge is -2.12. The lowest BCUT2D eigenvalue weighted by molar-refractivity contribution is 0.0936. The van der Waals surface area contributed by atoms with Gasteiger partial charge in [0.1, 0.15) is 0 Å². The Kier molecular flexibility index (Phi) is 5.72. The fourth-order valence-corrected chi connectivity index (χ4v) is 2.55. The third-order valence-corrected chi connectivity index (χ3v) is 4.10. The van der Waals surface area contributed by atoms with Crippen molar-refractivity contribution in [2.24, 2.45) is 0 Å². The van der Waals surface area contributed by atoms with E-state index in [0.717, 1.165) is 12.0 Å². The molecule has 1 aromatic carbocycles. The molecule has 0 aliphatic heterocycles. The average molecular weight is 316 g/mol. The molecule has 1 heterocycles. The summed E-state index contributed by atoms with van der Waals surface area (Å²) in [7, 11) is 0.